The SMILES string of the molecule is N#Cc1c2n(c3c(N4CCN(S(=O)(=O)Cc5ccccc5)CC4)ncnc13)CCCC2. The highest BCUT2D eigenvalue weighted by atomic mass is 32.2. The van der Waals surface area contributed by atoms with E-state index in [1.165, 1.54) is 6.33 Å². The van der Waals surface area contributed by atoms with Crippen LogP contribution in [0.1, 0.15) is 29.7 Å². The largest absolute Gasteiger partial charge is 0.352 e. The molecular formula is C22H24N6O2S. The van der Waals surface area contributed by atoms with E-state index >= 15 is 0 Å². The van der Waals surface area contributed by atoms with E-state index in [9.17, 15) is 13.7 Å². The van der Waals surface area contributed by atoms with Crippen molar-refractivity contribution in [2.24, 2.45) is 0 Å². The van der Waals surface area contributed by atoms with Crippen molar-refractivity contribution in [2.75, 3.05) is 31.1 Å². The van der Waals surface area contributed by atoms with Crippen molar-refractivity contribution in [3.8, 4) is 6.07 Å². The molecule has 3 aromatic rings. The van der Waals surface area contributed by atoms with E-state index in [1.54, 1.807) is 4.31 Å². The van der Waals surface area contributed by atoms with Crippen LogP contribution in [0.2, 0.25) is 0 Å². The molecule has 2 aliphatic rings. The third kappa shape index (κ3) is 3.56. The third-order valence-electron chi connectivity index (χ3n) is 6.20. The summed E-state index contributed by atoms with van der Waals surface area (Å²) in [6.45, 7) is 2.81. The number of hydrogen-bond acceptors (Lipinski definition) is 6. The molecule has 9 heteroatoms. The van der Waals surface area contributed by atoms with Crippen molar-refractivity contribution in [1.29, 1.82) is 5.26 Å². The minimum Gasteiger partial charge on any atom is -0.352 e. The number of anilines is 1. The average molecular weight is 437 g/mol. The van der Waals surface area contributed by atoms with E-state index in [1.807, 2.05) is 30.3 Å². The quantitative estimate of drug-likeness (QED) is 0.623. The summed E-state index contributed by atoms with van der Waals surface area (Å²) < 4.78 is 29.5. The molecule has 0 bridgehead atoms. The van der Waals surface area contributed by atoms with Gasteiger partial charge in [-0.1, -0.05) is 30.3 Å². The molecule has 4 heterocycles. The lowest BCUT2D eigenvalue weighted by atomic mass is 10.1. The second-order valence-corrected chi connectivity index (χ2v) is 10.0. The van der Waals surface area contributed by atoms with Crippen molar-refractivity contribution in [2.45, 2.75) is 31.6 Å². The van der Waals surface area contributed by atoms with E-state index in [0.717, 1.165) is 48.4 Å². The van der Waals surface area contributed by atoms with Crippen LogP contribution in [0.4, 0.5) is 5.82 Å². The first-order valence-electron chi connectivity index (χ1n) is 10.6. The summed E-state index contributed by atoms with van der Waals surface area (Å²) in [5, 5.41) is 9.72. The lowest BCUT2D eigenvalue weighted by Crippen LogP contribution is -2.49. The monoisotopic (exact) mass is 436 g/mol. The minimum absolute atomic E-state index is 0.0172. The molecule has 0 radical (unpaired) electrons. The maximum absolute atomic E-state index is 12.9. The standard InChI is InChI=1S/C22H24N6O2S/c23-14-18-19-8-4-5-9-28(19)21-20(18)24-16-25-22(21)26-10-12-27(13-11-26)31(29,30)15-17-6-2-1-3-7-17/h1-3,6-7,16H,4-5,8-13,15H2. The van der Waals surface area contributed by atoms with Crippen molar-refractivity contribution in [3.63, 3.8) is 0 Å². The van der Waals surface area contributed by atoms with E-state index in [-0.39, 0.29) is 5.75 Å². The number of nitrogens with zero attached hydrogens (tertiary/aromatic N) is 6. The predicted molar refractivity (Wildman–Crippen MR) is 118 cm³/mol. The van der Waals surface area contributed by atoms with Gasteiger partial charge in [0, 0.05) is 38.4 Å². The molecule has 5 rings (SSSR count). The molecular weight excluding hydrogens is 412 g/mol. The number of fused-ring (bicyclic) bond motifs is 3. The van der Waals surface area contributed by atoms with Crippen LogP contribution >= 0.6 is 0 Å². The van der Waals surface area contributed by atoms with Gasteiger partial charge >= 0.3 is 0 Å². The average Bonchev–Trinajstić information content (AvgIpc) is 3.13. The lowest BCUT2D eigenvalue weighted by Gasteiger charge is -2.35. The molecule has 1 fully saturated rings. The molecule has 1 aromatic carbocycles. The Bertz CT molecular complexity index is 1250. The van der Waals surface area contributed by atoms with Crippen LogP contribution in [0.25, 0.3) is 11.0 Å². The van der Waals surface area contributed by atoms with Gasteiger partial charge in [0.2, 0.25) is 10.0 Å². The van der Waals surface area contributed by atoms with Gasteiger partial charge in [-0.15, -0.1) is 0 Å². The van der Waals surface area contributed by atoms with Gasteiger partial charge in [-0.3, -0.25) is 0 Å². The Hall–Kier alpha value is -2.96. The highest BCUT2D eigenvalue weighted by Crippen LogP contribution is 2.34. The molecule has 0 saturated carbocycles. The van der Waals surface area contributed by atoms with Crippen molar-refractivity contribution < 1.29 is 8.42 Å². The van der Waals surface area contributed by atoms with E-state index in [2.05, 4.69) is 25.5 Å². The Morgan fingerprint density at radius 3 is 2.52 bits per heavy atom. The summed E-state index contributed by atoms with van der Waals surface area (Å²) >= 11 is 0. The van der Waals surface area contributed by atoms with E-state index < -0.39 is 10.0 Å². The third-order valence-corrected chi connectivity index (χ3v) is 8.05. The van der Waals surface area contributed by atoms with Gasteiger partial charge in [0.1, 0.15) is 23.4 Å². The summed E-state index contributed by atoms with van der Waals surface area (Å²) in [6, 6.07) is 11.6. The van der Waals surface area contributed by atoms with Gasteiger partial charge in [0.25, 0.3) is 0 Å². The van der Waals surface area contributed by atoms with Gasteiger partial charge in [-0.2, -0.15) is 9.57 Å². The second-order valence-electron chi connectivity index (χ2n) is 8.06. The minimum atomic E-state index is -3.37. The van der Waals surface area contributed by atoms with Gasteiger partial charge in [0.15, 0.2) is 5.82 Å². The van der Waals surface area contributed by atoms with Gasteiger partial charge in [-0.25, -0.2) is 18.4 Å². The van der Waals surface area contributed by atoms with E-state index in [4.69, 9.17) is 0 Å². The molecule has 31 heavy (non-hydrogen) atoms. The van der Waals surface area contributed by atoms with Crippen LogP contribution in [0.3, 0.4) is 0 Å². The lowest BCUT2D eigenvalue weighted by molar-refractivity contribution is 0.383. The first kappa shape index (κ1) is 20.0. The predicted octanol–water partition coefficient (Wildman–Crippen LogP) is 2.29. The maximum atomic E-state index is 12.9. The van der Waals surface area contributed by atoms with Crippen LogP contribution in [0, 0.1) is 11.3 Å². The van der Waals surface area contributed by atoms with Crippen LogP contribution in [-0.2, 0) is 28.7 Å². The zero-order chi connectivity index (χ0) is 21.4. The number of aryl methyl sites for hydroxylation is 1. The maximum Gasteiger partial charge on any atom is 0.218 e. The highest BCUT2D eigenvalue weighted by Gasteiger charge is 2.30. The summed E-state index contributed by atoms with van der Waals surface area (Å²) in [6.07, 6.45) is 4.54. The summed E-state index contributed by atoms with van der Waals surface area (Å²) in [4.78, 5) is 11.1. The van der Waals surface area contributed by atoms with E-state index in [0.29, 0.717) is 37.3 Å². The Balaban J connectivity index is 1.40. The van der Waals surface area contributed by atoms with Crippen LogP contribution in [0.15, 0.2) is 36.7 Å². The molecule has 160 valence electrons. The number of aromatic nitrogens is 3. The number of benzene rings is 1. The van der Waals surface area contributed by atoms with Gasteiger partial charge in [0.05, 0.1) is 11.3 Å². The Morgan fingerprint density at radius 2 is 1.77 bits per heavy atom. The van der Waals surface area contributed by atoms with Crippen LogP contribution in [-0.4, -0.2) is 53.4 Å². The number of rotatable bonds is 4. The Labute approximate surface area is 181 Å². The zero-order valence-electron chi connectivity index (χ0n) is 17.2. The molecule has 2 aromatic heterocycles. The Morgan fingerprint density at radius 1 is 1.00 bits per heavy atom. The second kappa shape index (κ2) is 7.94. The number of nitriles is 1. The number of piperazine rings is 1. The van der Waals surface area contributed by atoms with Crippen molar-refractivity contribution in [1.82, 2.24) is 18.8 Å². The first-order valence-corrected chi connectivity index (χ1v) is 12.2. The van der Waals surface area contributed by atoms with Gasteiger partial charge in [-0.05, 0) is 24.8 Å². The van der Waals surface area contributed by atoms with Gasteiger partial charge < -0.3 is 9.47 Å². The normalized spacial score (nSPS) is 17.5. The summed E-state index contributed by atoms with van der Waals surface area (Å²) in [5.41, 5.74) is 4.13. The van der Waals surface area contributed by atoms with Crippen molar-refractivity contribution in [3.05, 3.63) is 53.5 Å². The summed E-state index contributed by atoms with van der Waals surface area (Å²) in [7, 11) is -3.37. The molecule has 0 amide bonds. The molecule has 1 saturated heterocycles. The molecule has 0 aliphatic carbocycles. The fourth-order valence-corrected chi connectivity index (χ4v) is 6.20. The number of hydrogen-bond donors (Lipinski definition) is 0. The van der Waals surface area contributed by atoms with Crippen molar-refractivity contribution >= 4 is 26.9 Å². The highest BCUT2D eigenvalue weighted by molar-refractivity contribution is 7.88. The molecule has 2 aliphatic heterocycles. The molecule has 8 nitrogen and oxygen atoms in total. The van der Waals surface area contributed by atoms with Crippen LogP contribution in [0.5, 0.6) is 0 Å². The fourth-order valence-electron chi connectivity index (χ4n) is 4.68. The molecule has 0 spiro atoms. The number of sulfonamides is 1. The topological polar surface area (TPSA) is 95.1 Å². The molecule has 0 unspecified atom stereocenters. The summed E-state index contributed by atoms with van der Waals surface area (Å²) in [5.74, 6) is 0.818. The zero-order valence-corrected chi connectivity index (χ0v) is 18.1. The smallest absolute Gasteiger partial charge is 0.218 e. The van der Waals surface area contributed by atoms with Crippen LogP contribution < -0.4 is 4.90 Å². The first-order chi connectivity index (χ1) is 15.1. The molecule has 0 atom stereocenters. The fraction of sp³-hybridized carbons (Fsp3) is 0.409. The Kier molecular flexibility index (Phi) is 5.12. The molecule has 0 N–H and O–H groups in total.